The van der Waals surface area contributed by atoms with E-state index in [1.165, 1.54) is 25.3 Å². The maximum Gasteiger partial charge on any atom is 0.206 e. The molecule has 7 heteroatoms. The Morgan fingerprint density at radius 1 is 1.10 bits per heavy atom. The first-order valence-corrected chi connectivity index (χ1v) is 5.98. The van der Waals surface area contributed by atoms with E-state index >= 15 is 0 Å². The number of methoxy groups -OCH3 is 1. The molecular formula is C14H10F3N3O. The molecule has 0 radical (unpaired) electrons. The number of fused-ring (bicyclic) bond motifs is 1. The van der Waals surface area contributed by atoms with Crippen molar-refractivity contribution in [2.45, 2.75) is 0 Å². The quantitative estimate of drug-likeness (QED) is 0.790. The normalized spacial score (nSPS) is 11.0. The average molecular weight is 293 g/mol. The van der Waals surface area contributed by atoms with E-state index < -0.39 is 17.5 Å². The van der Waals surface area contributed by atoms with Crippen LogP contribution in [0.3, 0.4) is 0 Å². The molecule has 108 valence electrons. The van der Waals surface area contributed by atoms with Crippen molar-refractivity contribution in [1.82, 2.24) is 9.55 Å². The van der Waals surface area contributed by atoms with Gasteiger partial charge in [0.15, 0.2) is 11.6 Å². The van der Waals surface area contributed by atoms with Crippen molar-refractivity contribution in [3.63, 3.8) is 0 Å². The molecule has 0 unspecified atom stereocenters. The third-order valence-corrected chi connectivity index (χ3v) is 3.13. The van der Waals surface area contributed by atoms with Crippen LogP contribution in [0.4, 0.5) is 19.1 Å². The highest BCUT2D eigenvalue weighted by Gasteiger charge is 2.19. The van der Waals surface area contributed by atoms with Crippen LogP contribution in [0.1, 0.15) is 0 Å². The van der Waals surface area contributed by atoms with Crippen LogP contribution >= 0.6 is 0 Å². The predicted octanol–water partition coefficient (Wildman–Crippen LogP) is 3.03. The highest BCUT2D eigenvalue weighted by atomic mass is 19.2. The van der Waals surface area contributed by atoms with Gasteiger partial charge in [0, 0.05) is 6.07 Å². The first-order chi connectivity index (χ1) is 10.0. The monoisotopic (exact) mass is 293 g/mol. The van der Waals surface area contributed by atoms with E-state index in [-0.39, 0.29) is 22.7 Å². The number of aromatic nitrogens is 2. The molecule has 0 saturated carbocycles. The summed E-state index contributed by atoms with van der Waals surface area (Å²) in [6.45, 7) is 0. The Morgan fingerprint density at radius 3 is 2.52 bits per heavy atom. The number of halogens is 3. The summed E-state index contributed by atoms with van der Waals surface area (Å²) in [6.07, 6.45) is 0. The molecule has 0 bridgehead atoms. The van der Waals surface area contributed by atoms with Gasteiger partial charge in [-0.3, -0.25) is 4.57 Å². The number of ether oxygens (including phenoxy) is 1. The van der Waals surface area contributed by atoms with E-state index in [1.807, 2.05) is 0 Å². The minimum Gasteiger partial charge on any atom is -0.497 e. The van der Waals surface area contributed by atoms with Crippen LogP contribution in [0.25, 0.3) is 16.7 Å². The lowest BCUT2D eigenvalue weighted by Gasteiger charge is -2.10. The van der Waals surface area contributed by atoms with Gasteiger partial charge in [0.2, 0.25) is 5.95 Å². The lowest BCUT2D eigenvalue weighted by molar-refractivity contribution is 0.413. The summed E-state index contributed by atoms with van der Waals surface area (Å²) in [4.78, 5) is 3.91. The number of imidazole rings is 1. The van der Waals surface area contributed by atoms with Gasteiger partial charge in [0.1, 0.15) is 17.1 Å². The molecule has 2 N–H and O–H groups in total. The summed E-state index contributed by atoms with van der Waals surface area (Å²) in [6, 6.07) is 6.11. The van der Waals surface area contributed by atoms with Gasteiger partial charge in [-0.25, -0.2) is 18.2 Å². The van der Waals surface area contributed by atoms with Crippen molar-refractivity contribution in [3.05, 3.63) is 47.8 Å². The molecule has 0 aliphatic carbocycles. The van der Waals surface area contributed by atoms with Crippen LogP contribution in [-0.4, -0.2) is 16.7 Å². The van der Waals surface area contributed by atoms with Gasteiger partial charge in [0.05, 0.1) is 18.3 Å². The Balaban J connectivity index is 2.40. The third kappa shape index (κ3) is 1.97. The minimum atomic E-state index is -1.14. The first-order valence-electron chi connectivity index (χ1n) is 5.98. The van der Waals surface area contributed by atoms with Crippen LogP contribution in [0.15, 0.2) is 30.3 Å². The molecular weight excluding hydrogens is 283 g/mol. The Hall–Kier alpha value is -2.70. The molecule has 2 aromatic carbocycles. The van der Waals surface area contributed by atoms with Gasteiger partial charge in [0.25, 0.3) is 0 Å². The van der Waals surface area contributed by atoms with Gasteiger partial charge in [-0.15, -0.1) is 0 Å². The SMILES string of the molecule is COc1ccc(F)c(-n2c(N)nc3ccc(F)c(F)c32)c1. The zero-order valence-corrected chi connectivity index (χ0v) is 10.9. The van der Waals surface area contributed by atoms with Gasteiger partial charge in [-0.2, -0.15) is 0 Å². The highest BCUT2D eigenvalue weighted by molar-refractivity contribution is 5.81. The minimum absolute atomic E-state index is 0.0705. The molecule has 1 aromatic heterocycles. The predicted molar refractivity (Wildman–Crippen MR) is 71.9 cm³/mol. The van der Waals surface area contributed by atoms with Crippen molar-refractivity contribution in [1.29, 1.82) is 0 Å². The Kier molecular flexibility index (Phi) is 2.97. The first kappa shape index (κ1) is 13.3. The molecule has 0 atom stereocenters. The van der Waals surface area contributed by atoms with E-state index in [1.54, 1.807) is 0 Å². The summed E-state index contributed by atoms with van der Waals surface area (Å²) in [7, 11) is 1.41. The van der Waals surface area contributed by atoms with E-state index in [9.17, 15) is 13.2 Å². The number of anilines is 1. The lowest BCUT2D eigenvalue weighted by atomic mass is 10.2. The number of nitrogens with zero attached hydrogens (tertiary/aromatic N) is 2. The van der Waals surface area contributed by atoms with Gasteiger partial charge >= 0.3 is 0 Å². The maximum absolute atomic E-state index is 14.0. The fraction of sp³-hybridized carbons (Fsp3) is 0.0714. The zero-order chi connectivity index (χ0) is 15.1. The highest BCUT2D eigenvalue weighted by Crippen LogP contribution is 2.29. The molecule has 0 aliphatic heterocycles. The molecule has 3 aromatic rings. The summed E-state index contributed by atoms with van der Waals surface area (Å²) in [5.74, 6) is -2.66. The largest absolute Gasteiger partial charge is 0.497 e. The lowest BCUT2D eigenvalue weighted by Crippen LogP contribution is -2.05. The number of rotatable bonds is 2. The smallest absolute Gasteiger partial charge is 0.206 e. The van der Waals surface area contributed by atoms with E-state index in [0.717, 1.165) is 16.7 Å². The van der Waals surface area contributed by atoms with Gasteiger partial charge in [-0.1, -0.05) is 0 Å². The summed E-state index contributed by atoms with van der Waals surface area (Å²) < 4.78 is 47.5. The second kappa shape index (κ2) is 4.69. The molecule has 3 rings (SSSR count). The van der Waals surface area contributed by atoms with Crippen LogP contribution < -0.4 is 10.5 Å². The average Bonchev–Trinajstić information content (AvgIpc) is 2.81. The molecule has 0 aliphatic rings. The molecule has 1 heterocycles. The van der Waals surface area contributed by atoms with Crippen molar-refractivity contribution in [2.24, 2.45) is 0 Å². The molecule has 21 heavy (non-hydrogen) atoms. The molecule has 4 nitrogen and oxygen atoms in total. The Bertz CT molecular complexity index is 845. The Morgan fingerprint density at radius 2 is 1.81 bits per heavy atom. The number of benzene rings is 2. The second-order valence-corrected chi connectivity index (χ2v) is 4.35. The maximum atomic E-state index is 14.0. The van der Waals surface area contributed by atoms with Crippen LogP contribution in [0.2, 0.25) is 0 Å². The van der Waals surface area contributed by atoms with Gasteiger partial charge in [-0.05, 0) is 24.3 Å². The molecule has 0 spiro atoms. The van der Waals surface area contributed by atoms with Gasteiger partial charge < -0.3 is 10.5 Å². The standard InChI is InChI=1S/C14H10F3N3O/c1-21-7-2-3-8(15)11(6-7)20-13-10(19-14(20)18)5-4-9(16)12(13)17/h2-6H,1H3,(H2,18,19). The van der Waals surface area contributed by atoms with E-state index in [0.29, 0.717) is 5.75 Å². The van der Waals surface area contributed by atoms with Crippen LogP contribution in [0.5, 0.6) is 5.75 Å². The molecule has 0 saturated heterocycles. The second-order valence-electron chi connectivity index (χ2n) is 4.35. The van der Waals surface area contributed by atoms with Crippen molar-refractivity contribution >= 4 is 17.0 Å². The fourth-order valence-electron chi connectivity index (χ4n) is 2.16. The van der Waals surface area contributed by atoms with Crippen molar-refractivity contribution < 1.29 is 17.9 Å². The summed E-state index contributed by atoms with van der Waals surface area (Å²) in [5.41, 5.74) is 5.56. The number of hydrogen-bond acceptors (Lipinski definition) is 3. The van der Waals surface area contributed by atoms with Crippen molar-refractivity contribution in [3.8, 4) is 11.4 Å². The molecule has 0 fully saturated rings. The van der Waals surface area contributed by atoms with Crippen molar-refractivity contribution in [2.75, 3.05) is 12.8 Å². The fourth-order valence-corrected chi connectivity index (χ4v) is 2.16. The van der Waals surface area contributed by atoms with E-state index in [4.69, 9.17) is 10.5 Å². The zero-order valence-electron chi connectivity index (χ0n) is 10.9. The van der Waals surface area contributed by atoms with Crippen LogP contribution in [0, 0.1) is 17.5 Å². The topological polar surface area (TPSA) is 53.1 Å². The molecule has 0 amide bonds. The third-order valence-electron chi connectivity index (χ3n) is 3.13. The summed E-state index contributed by atoms with van der Waals surface area (Å²) >= 11 is 0. The van der Waals surface area contributed by atoms with Crippen LogP contribution in [-0.2, 0) is 0 Å². The number of nitrogen functional groups attached to an aromatic ring is 1. The Labute approximate surface area is 117 Å². The van der Waals surface area contributed by atoms with E-state index in [2.05, 4.69) is 4.98 Å². The number of nitrogens with two attached hydrogens (primary N) is 1. The number of hydrogen-bond donors (Lipinski definition) is 1. The summed E-state index contributed by atoms with van der Waals surface area (Å²) in [5, 5.41) is 0.